The zero-order valence-electron chi connectivity index (χ0n) is 13.1. The Kier molecular flexibility index (Phi) is 6.52. The van der Waals surface area contributed by atoms with Gasteiger partial charge in [0.25, 0.3) is 5.91 Å². The molecule has 0 aromatic heterocycles. The molecule has 1 atom stereocenters. The number of rotatable bonds is 7. The first-order valence-electron chi connectivity index (χ1n) is 7.22. The van der Waals surface area contributed by atoms with E-state index in [0.717, 1.165) is 23.4 Å². The van der Waals surface area contributed by atoms with Gasteiger partial charge < -0.3 is 15.4 Å². The third-order valence-corrected chi connectivity index (χ3v) is 3.01. The van der Waals surface area contributed by atoms with Gasteiger partial charge in [-0.05, 0) is 26.3 Å². The molecule has 1 amide bonds. The maximum absolute atomic E-state index is 11.8. The summed E-state index contributed by atoms with van der Waals surface area (Å²) in [7, 11) is 0. The van der Waals surface area contributed by atoms with Crippen LogP contribution >= 0.6 is 0 Å². The van der Waals surface area contributed by atoms with Gasteiger partial charge in [-0.25, -0.2) is 0 Å². The Bertz CT molecular complexity index is 444. The molecule has 0 radical (unpaired) electrons. The first kappa shape index (κ1) is 16.5. The van der Waals surface area contributed by atoms with Gasteiger partial charge in [-0.3, -0.25) is 4.79 Å². The highest BCUT2D eigenvalue weighted by molar-refractivity contribution is 5.80. The van der Waals surface area contributed by atoms with Gasteiger partial charge in [0.15, 0.2) is 6.10 Å². The van der Waals surface area contributed by atoms with Gasteiger partial charge >= 0.3 is 0 Å². The van der Waals surface area contributed by atoms with Crippen LogP contribution in [-0.2, 0) is 11.3 Å². The molecule has 4 nitrogen and oxygen atoms in total. The van der Waals surface area contributed by atoms with E-state index in [9.17, 15) is 4.79 Å². The van der Waals surface area contributed by atoms with Gasteiger partial charge in [-0.1, -0.05) is 32.0 Å². The summed E-state index contributed by atoms with van der Waals surface area (Å²) >= 11 is 0. The minimum Gasteiger partial charge on any atom is -0.480 e. The molecule has 1 unspecified atom stereocenters. The van der Waals surface area contributed by atoms with E-state index in [1.807, 2.05) is 32.0 Å². The van der Waals surface area contributed by atoms with Crippen molar-refractivity contribution in [1.29, 1.82) is 0 Å². The molecule has 112 valence electrons. The van der Waals surface area contributed by atoms with Crippen molar-refractivity contribution in [3.8, 4) is 5.75 Å². The fraction of sp³-hybridized carbons (Fsp3) is 0.562. The van der Waals surface area contributed by atoms with E-state index in [4.69, 9.17) is 4.74 Å². The summed E-state index contributed by atoms with van der Waals surface area (Å²) in [6, 6.07) is 6.45. The van der Waals surface area contributed by atoms with Crippen molar-refractivity contribution < 1.29 is 9.53 Å². The Labute approximate surface area is 121 Å². The van der Waals surface area contributed by atoms with Crippen LogP contribution < -0.4 is 15.4 Å². The van der Waals surface area contributed by atoms with E-state index >= 15 is 0 Å². The zero-order chi connectivity index (χ0) is 15.1. The van der Waals surface area contributed by atoms with Crippen LogP contribution in [0.5, 0.6) is 5.75 Å². The maximum atomic E-state index is 11.8. The topological polar surface area (TPSA) is 50.4 Å². The van der Waals surface area contributed by atoms with Gasteiger partial charge in [0.05, 0.1) is 0 Å². The number of carbonyl (C=O) groups excluding carboxylic acids is 1. The molecule has 2 N–H and O–H groups in total. The van der Waals surface area contributed by atoms with Crippen LogP contribution in [0.2, 0.25) is 0 Å². The van der Waals surface area contributed by atoms with Gasteiger partial charge in [-0.2, -0.15) is 0 Å². The van der Waals surface area contributed by atoms with Crippen LogP contribution in [0, 0.1) is 6.92 Å². The summed E-state index contributed by atoms with van der Waals surface area (Å²) in [6.07, 6.45) is -0.492. The molecule has 1 rings (SSSR count). The van der Waals surface area contributed by atoms with E-state index in [2.05, 4.69) is 24.5 Å². The lowest BCUT2D eigenvalue weighted by Gasteiger charge is -2.19. The van der Waals surface area contributed by atoms with Crippen molar-refractivity contribution in [2.24, 2.45) is 0 Å². The zero-order valence-corrected chi connectivity index (χ0v) is 13.1. The van der Waals surface area contributed by atoms with Crippen LogP contribution in [0.4, 0.5) is 0 Å². The average Bonchev–Trinajstić information content (AvgIpc) is 2.39. The number of ether oxygens (including phenoxy) is 1. The lowest BCUT2D eigenvalue weighted by atomic mass is 10.1. The summed E-state index contributed by atoms with van der Waals surface area (Å²) in [5.74, 6) is 0.720. The summed E-state index contributed by atoms with van der Waals surface area (Å²) in [4.78, 5) is 11.8. The first-order valence-corrected chi connectivity index (χ1v) is 7.22. The SMILES string of the molecule is CCNC(=O)C(C)Oc1c(C)cccc1CNC(C)C. The Balaban J connectivity index is 2.84. The predicted octanol–water partition coefficient (Wildman–Crippen LogP) is 2.40. The van der Waals surface area contributed by atoms with Gasteiger partial charge in [0.2, 0.25) is 0 Å². The number of hydrogen-bond acceptors (Lipinski definition) is 3. The van der Waals surface area contributed by atoms with Crippen LogP contribution in [0.1, 0.15) is 38.8 Å². The monoisotopic (exact) mass is 278 g/mol. The van der Waals surface area contributed by atoms with E-state index in [-0.39, 0.29) is 5.91 Å². The van der Waals surface area contributed by atoms with Gasteiger partial charge in [0.1, 0.15) is 5.75 Å². The maximum Gasteiger partial charge on any atom is 0.260 e. The summed E-state index contributed by atoms with van der Waals surface area (Å²) in [5, 5.41) is 6.15. The second kappa shape index (κ2) is 7.90. The normalized spacial score (nSPS) is 12.3. The Morgan fingerprint density at radius 3 is 2.60 bits per heavy atom. The number of para-hydroxylation sites is 1. The molecule has 0 saturated carbocycles. The number of hydrogen-bond donors (Lipinski definition) is 2. The van der Waals surface area contributed by atoms with E-state index in [1.54, 1.807) is 6.92 Å². The number of benzene rings is 1. The van der Waals surface area contributed by atoms with Gasteiger partial charge in [0, 0.05) is 24.7 Å². The Morgan fingerprint density at radius 2 is 2.00 bits per heavy atom. The first-order chi connectivity index (χ1) is 9.45. The van der Waals surface area contributed by atoms with E-state index < -0.39 is 6.10 Å². The quantitative estimate of drug-likeness (QED) is 0.805. The number of likely N-dealkylation sites (N-methyl/N-ethyl adjacent to an activating group) is 1. The third-order valence-electron chi connectivity index (χ3n) is 3.01. The third kappa shape index (κ3) is 4.85. The molecular weight excluding hydrogens is 252 g/mol. The summed E-state index contributed by atoms with van der Waals surface area (Å²) < 4.78 is 5.87. The van der Waals surface area contributed by atoms with Crippen LogP contribution in [0.3, 0.4) is 0 Å². The standard InChI is InChI=1S/C16H26N2O2/c1-6-17-16(19)13(5)20-15-12(4)8-7-9-14(15)10-18-11(2)3/h7-9,11,13,18H,6,10H2,1-5H3,(H,17,19). The Morgan fingerprint density at radius 1 is 1.30 bits per heavy atom. The highest BCUT2D eigenvalue weighted by Crippen LogP contribution is 2.24. The smallest absolute Gasteiger partial charge is 0.260 e. The van der Waals surface area contributed by atoms with Crippen LogP contribution in [-0.4, -0.2) is 24.6 Å². The summed E-state index contributed by atoms with van der Waals surface area (Å²) in [6.45, 7) is 11.2. The minimum absolute atomic E-state index is 0.0847. The fourth-order valence-electron chi connectivity index (χ4n) is 1.88. The van der Waals surface area contributed by atoms with Crippen molar-refractivity contribution in [3.05, 3.63) is 29.3 Å². The molecule has 1 aromatic rings. The van der Waals surface area contributed by atoms with Crippen LogP contribution in [0.15, 0.2) is 18.2 Å². The highest BCUT2D eigenvalue weighted by Gasteiger charge is 2.16. The lowest BCUT2D eigenvalue weighted by molar-refractivity contribution is -0.127. The number of carbonyl (C=O) groups is 1. The molecule has 0 bridgehead atoms. The van der Waals surface area contributed by atoms with E-state index in [0.29, 0.717) is 12.6 Å². The van der Waals surface area contributed by atoms with Crippen molar-refractivity contribution in [1.82, 2.24) is 10.6 Å². The second-order valence-electron chi connectivity index (χ2n) is 5.25. The van der Waals surface area contributed by atoms with Crippen molar-refractivity contribution >= 4 is 5.91 Å². The molecule has 0 heterocycles. The molecule has 0 aliphatic heterocycles. The van der Waals surface area contributed by atoms with Crippen molar-refractivity contribution in [2.75, 3.05) is 6.54 Å². The molecule has 0 spiro atoms. The largest absolute Gasteiger partial charge is 0.480 e. The van der Waals surface area contributed by atoms with E-state index in [1.165, 1.54) is 0 Å². The van der Waals surface area contributed by atoms with Crippen molar-refractivity contribution in [2.45, 2.75) is 53.3 Å². The molecule has 0 aliphatic rings. The number of amides is 1. The Hall–Kier alpha value is -1.55. The minimum atomic E-state index is -0.492. The molecule has 0 aliphatic carbocycles. The second-order valence-corrected chi connectivity index (χ2v) is 5.25. The average molecular weight is 278 g/mol. The van der Waals surface area contributed by atoms with Crippen molar-refractivity contribution in [3.63, 3.8) is 0 Å². The molecule has 0 saturated heterocycles. The number of aryl methyl sites for hydroxylation is 1. The predicted molar refractivity (Wildman–Crippen MR) is 81.9 cm³/mol. The molecule has 4 heteroatoms. The molecule has 20 heavy (non-hydrogen) atoms. The molecular formula is C16H26N2O2. The molecule has 1 aromatic carbocycles. The lowest BCUT2D eigenvalue weighted by Crippen LogP contribution is -2.36. The van der Waals surface area contributed by atoms with Gasteiger partial charge in [-0.15, -0.1) is 0 Å². The fourth-order valence-corrected chi connectivity index (χ4v) is 1.88. The highest BCUT2D eigenvalue weighted by atomic mass is 16.5. The van der Waals surface area contributed by atoms with Crippen LogP contribution in [0.25, 0.3) is 0 Å². The molecule has 0 fully saturated rings. The summed E-state index contributed by atoms with van der Waals surface area (Å²) in [5.41, 5.74) is 2.12. The number of nitrogens with one attached hydrogen (secondary N) is 2.